The number of pyridine rings is 1. The van der Waals surface area contributed by atoms with Crippen molar-refractivity contribution in [2.45, 2.75) is 50.8 Å². The van der Waals surface area contributed by atoms with Crippen LogP contribution in [0.25, 0.3) is 0 Å². The van der Waals surface area contributed by atoms with Gasteiger partial charge in [-0.05, 0) is 28.3 Å². The van der Waals surface area contributed by atoms with Gasteiger partial charge in [0.1, 0.15) is 31.0 Å². The lowest BCUT2D eigenvalue weighted by molar-refractivity contribution is -0.0898. The number of benzene rings is 4. The molecule has 1 saturated heterocycles. The van der Waals surface area contributed by atoms with E-state index in [4.69, 9.17) is 23.7 Å². The van der Waals surface area contributed by atoms with Crippen LogP contribution in [0.15, 0.2) is 140 Å². The van der Waals surface area contributed by atoms with Gasteiger partial charge < -0.3 is 23.7 Å². The molecule has 0 spiro atoms. The minimum absolute atomic E-state index is 0.345. The van der Waals surface area contributed by atoms with E-state index >= 15 is 0 Å². The molecule has 44 heavy (non-hydrogen) atoms. The fourth-order valence-corrected chi connectivity index (χ4v) is 5.29. The zero-order valence-electron chi connectivity index (χ0n) is 24.6. The number of ether oxygens (including phenoxy) is 5. The van der Waals surface area contributed by atoms with E-state index in [1.807, 2.05) is 103 Å². The average Bonchev–Trinajstić information content (AvgIpc) is 3.44. The van der Waals surface area contributed by atoms with Crippen LogP contribution in [0.2, 0.25) is 0 Å². The van der Waals surface area contributed by atoms with Crippen molar-refractivity contribution < 1.29 is 23.7 Å². The molecule has 0 aliphatic carbocycles. The van der Waals surface area contributed by atoms with Gasteiger partial charge in [0.15, 0.2) is 0 Å². The highest BCUT2D eigenvalue weighted by atomic mass is 16.6. The number of hydrogen-bond donors (Lipinski definition) is 0. The number of hydrogen-bond acceptors (Lipinski definition) is 6. The summed E-state index contributed by atoms with van der Waals surface area (Å²) in [7, 11) is 0. The smallest absolute Gasteiger partial charge is 0.213 e. The molecule has 4 atom stereocenters. The minimum atomic E-state index is -0.402. The lowest BCUT2D eigenvalue weighted by atomic mass is 10.0. The molecule has 1 aromatic heterocycles. The van der Waals surface area contributed by atoms with Crippen LogP contribution in [0.1, 0.15) is 33.9 Å². The first kappa shape index (κ1) is 29.7. The normalized spacial score (nSPS) is 19.5. The number of aromatic nitrogens is 1. The SMILES string of the molecule is c1ccc(COC[C@H]2OC(c3ccc(OCc4ccccc4)nc3)C(OCc3ccccc3)C2OCc2ccccc2)cc1. The molecule has 2 heterocycles. The van der Waals surface area contributed by atoms with Crippen LogP contribution in [-0.2, 0) is 45.4 Å². The van der Waals surface area contributed by atoms with E-state index < -0.39 is 6.10 Å². The predicted octanol–water partition coefficient (Wildman–Crippen LogP) is 7.49. The van der Waals surface area contributed by atoms with Gasteiger partial charge in [-0.3, -0.25) is 0 Å². The highest BCUT2D eigenvalue weighted by Gasteiger charge is 2.47. The van der Waals surface area contributed by atoms with E-state index in [1.165, 1.54) is 0 Å². The zero-order valence-corrected chi connectivity index (χ0v) is 24.6. The van der Waals surface area contributed by atoms with E-state index in [-0.39, 0.29) is 18.3 Å². The standard InChI is InChI=1S/C38H37NO5/c1-5-13-29(14-6-1)24-40-28-34-37(42-26-31-17-9-3-10-18-31)38(43-27-32-19-11-4-12-20-32)36(44-34)33-21-22-35(39-23-33)41-25-30-15-7-2-8-16-30/h1-23,34,36-38H,24-28H2/t34-,36?,37?,38?/m1/s1. The molecule has 0 bridgehead atoms. The Morgan fingerprint density at radius 1 is 0.523 bits per heavy atom. The van der Waals surface area contributed by atoms with Gasteiger partial charge in [-0.1, -0.05) is 121 Å². The summed E-state index contributed by atoms with van der Waals surface area (Å²) in [5, 5.41) is 0. The molecule has 0 amide bonds. The number of rotatable bonds is 14. The molecule has 5 aromatic rings. The quantitative estimate of drug-likeness (QED) is 0.134. The summed E-state index contributed by atoms with van der Waals surface area (Å²) in [6.45, 7) is 2.17. The minimum Gasteiger partial charge on any atom is -0.473 e. The lowest BCUT2D eigenvalue weighted by Crippen LogP contribution is -2.37. The highest BCUT2D eigenvalue weighted by Crippen LogP contribution is 2.38. The zero-order chi connectivity index (χ0) is 29.8. The fraction of sp³-hybridized carbons (Fsp3) is 0.237. The average molecular weight is 588 g/mol. The van der Waals surface area contributed by atoms with Gasteiger partial charge in [0.2, 0.25) is 5.88 Å². The van der Waals surface area contributed by atoms with Crippen LogP contribution in [-0.4, -0.2) is 29.9 Å². The molecular weight excluding hydrogens is 550 g/mol. The molecule has 4 aromatic carbocycles. The van der Waals surface area contributed by atoms with Crippen LogP contribution in [0.4, 0.5) is 0 Å². The lowest BCUT2D eigenvalue weighted by Gasteiger charge is -2.25. The van der Waals surface area contributed by atoms with Crippen LogP contribution >= 0.6 is 0 Å². The second-order valence-corrected chi connectivity index (χ2v) is 10.8. The first-order valence-electron chi connectivity index (χ1n) is 15.0. The van der Waals surface area contributed by atoms with Crippen molar-refractivity contribution in [1.82, 2.24) is 4.98 Å². The monoisotopic (exact) mass is 587 g/mol. The van der Waals surface area contributed by atoms with E-state index in [0.717, 1.165) is 27.8 Å². The summed E-state index contributed by atoms with van der Waals surface area (Å²) in [6, 6.07) is 44.4. The van der Waals surface area contributed by atoms with Gasteiger partial charge in [0.05, 0.1) is 26.4 Å². The third-order valence-corrected chi connectivity index (χ3v) is 7.59. The second kappa shape index (κ2) is 15.4. The van der Waals surface area contributed by atoms with Crippen LogP contribution in [0, 0.1) is 0 Å². The Balaban J connectivity index is 1.21. The first-order valence-corrected chi connectivity index (χ1v) is 15.0. The summed E-state index contributed by atoms with van der Waals surface area (Å²) >= 11 is 0. The first-order chi connectivity index (χ1) is 21.8. The van der Waals surface area contributed by atoms with Crippen molar-refractivity contribution in [3.8, 4) is 5.88 Å². The van der Waals surface area contributed by atoms with E-state index in [2.05, 4.69) is 41.4 Å². The van der Waals surface area contributed by atoms with Crippen molar-refractivity contribution in [2.75, 3.05) is 6.61 Å². The Kier molecular flexibility index (Phi) is 10.4. The van der Waals surface area contributed by atoms with E-state index in [1.54, 1.807) is 0 Å². The van der Waals surface area contributed by atoms with Gasteiger partial charge in [-0.25, -0.2) is 4.98 Å². The molecule has 3 unspecified atom stereocenters. The molecule has 224 valence electrons. The van der Waals surface area contributed by atoms with Gasteiger partial charge in [-0.15, -0.1) is 0 Å². The molecule has 1 fully saturated rings. The van der Waals surface area contributed by atoms with Crippen molar-refractivity contribution in [3.63, 3.8) is 0 Å². The summed E-state index contributed by atoms with van der Waals surface area (Å²) < 4.78 is 32.0. The Hall–Kier alpha value is -4.33. The van der Waals surface area contributed by atoms with Gasteiger partial charge in [-0.2, -0.15) is 0 Å². The molecule has 0 radical (unpaired) electrons. The summed E-state index contributed by atoms with van der Waals surface area (Å²) in [5.41, 5.74) is 5.26. The molecular formula is C38H37NO5. The fourth-order valence-electron chi connectivity index (χ4n) is 5.29. The topological polar surface area (TPSA) is 59.0 Å². The Labute approximate surface area is 259 Å². The molecule has 1 aliphatic rings. The Morgan fingerprint density at radius 3 is 1.55 bits per heavy atom. The van der Waals surface area contributed by atoms with Crippen LogP contribution in [0.5, 0.6) is 5.88 Å². The van der Waals surface area contributed by atoms with Crippen LogP contribution in [0.3, 0.4) is 0 Å². The summed E-state index contributed by atoms with van der Waals surface area (Å²) in [4.78, 5) is 4.61. The summed E-state index contributed by atoms with van der Waals surface area (Å²) in [6.07, 6.45) is 0.309. The highest BCUT2D eigenvalue weighted by molar-refractivity contribution is 5.24. The van der Waals surface area contributed by atoms with Crippen molar-refractivity contribution >= 4 is 0 Å². The largest absolute Gasteiger partial charge is 0.473 e. The molecule has 6 nitrogen and oxygen atoms in total. The third-order valence-electron chi connectivity index (χ3n) is 7.59. The molecule has 6 rings (SSSR count). The van der Waals surface area contributed by atoms with Crippen molar-refractivity contribution in [1.29, 1.82) is 0 Å². The summed E-state index contributed by atoms with van der Waals surface area (Å²) in [5.74, 6) is 0.553. The van der Waals surface area contributed by atoms with Crippen molar-refractivity contribution in [2.24, 2.45) is 0 Å². The van der Waals surface area contributed by atoms with E-state index in [9.17, 15) is 0 Å². The van der Waals surface area contributed by atoms with Crippen LogP contribution < -0.4 is 4.74 Å². The predicted molar refractivity (Wildman–Crippen MR) is 169 cm³/mol. The van der Waals surface area contributed by atoms with E-state index in [0.29, 0.717) is 38.9 Å². The molecule has 0 N–H and O–H groups in total. The third kappa shape index (κ3) is 8.18. The van der Waals surface area contributed by atoms with Gasteiger partial charge in [0, 0.05) is 17.8 Å². The molecule has 0 saturated carbocycles. The maximum atomic E-state index is 6.70. The molecule has 6 heteroatoms. The number of nitrogens with zero attached hydrogens (tertiary/aromatic N) is 1. The molecule has 1 aliphatic heterocycles. The Bertz CT molecular complexity index is 1520. The van der Waals surface area contributed by atoms with Gasteiger partial charge in [0.25, 0.3) is 0 Å². The maximum absolute atomic E-state index is 6.70. The van der Waals surface area contributed by atoms with Gasteiger partial charge >= 0.3 is 0 Å². The van der Waals surface area contributed by atoms with Crippen molar-refractivity contribution in [3.05, 3.63) is 167 Å². The maximum Gasteiger partial charge on any atom is 0.213 e. The second-order valence-electron chi connectivity index (χ2n) is 10.8. The Morgan fingerprint density at radius 2 is 1.02 bits per heavy atom.